The lowest BCUT2D eigenvalue weighted by molar-refractivity contribution is -0.110. The first-order valence-corrected chi connectivity index (χ1v) is 7.70. The summed E-state index contributed by atoms with van der Waals surface area (Å²) >= 11 is 0. The zero-order valence-electron chi connectivity index (χ0n) is 13.1. The standard InChI is InChI=1S/C19H16N4O/c1-12-6-8-13(9-7-12)17-10-18(23-22-17)20-11-15-14-4-2-3-5-16(14)21-19(15)24/h2-11H,1H3,(H,21,24)(H2,20,22,23)/b15-11+. The second-order valence-electron chi connectivity index (χ2n) is 5.73. The van der Waals surface area contributed by atoms with Crippen molar-refractivity contribution in [3.05, 3.63) is 71.9 Å². The van der Waals surface area contributed by atoms with E-state index in [1.54, 1.807) is 6.20 Å². The summed E-state index contributed by atoms with van der Waals surface area (Å²) in [4.78, 5) is 12.1. The fourth-order valence-corrected chi connectivity index (χ4v) is 2.71. The van der Waals surface area contributed by atoms with Gasteiger partial charge in [0.2, 0.25) is 0 Å². The molecule has 0 saturated carbocycles. The molecule has 5 nitrogen and oxygen atoms in total. The van der Waals surface area contributed by atoms with Crippen molar-refractivity contribution in [2.24, 2.45) is 0 Å². The number of para-hydroxylation sites is 1. The number of rotatable bonds is 3. The average molecular weight is 316 g/mol. The molecule has 1 amide bonds. The smallest absolute Gasteiger partial charge is 0.257 e. The van der Waals surface area contributed by atoms with E-state index >= 15 is 0 Å². The van der Waals surface area contributed by atoms with Crippen LogP contribution < -0.4 is 10.6 Å². The minimum Gasteiger partial charge on any atom is -0.344 e. The van der Waals surface area contributed by atoms with Gasteiger partial charge in [0.1, 0.15) is 0 Å². The molecular formula is C19H16N4O. The van der Waals surface area contributed by atoms with Gasteiger partial charge in [-0.05, 0) is 18.6 Å². The number of anilines is 2. The van der Waals surface area contributed by atoms with Gasteiger partial charge in [0.05, 0.1) is 11.3 Å². The highest BCUT2D eigenvalue weighted by molar-refractivity contribution is 6.31. The van der Waals surface area contributed by atoms with Crippen LogP contribution >= 0.6 is 0 Å². The highest BCUT2D eigenvalue weighted by Crippen LogP contribution is 2.31. The van der Waals surface area contributed by atoms with Crippen LogP contribution in [0.5, 0.6) is 0 Å². The van der Waals surface area contributed by atoms with Gasteiger partial charge in [0.25, 0.3) is 5.91 Å². The summed E-state index contributed by atoms with van der Waals surface area (Å²) in [5.74, 6) is 0.549. The molecule has 0 atom stereocenters. The Morgan fingerprint density at radius 1 is 1.08 bits per heavy atom. The molecule has 0 spiro atoms. The number of hydrogen-bond acceptors (Lipinski definition) is 3. The zero-order chi connectivity index (χ0) is 16.5. The van der Waals surface area contributed by atoms with Gasteiger partial charge in [0, 0.05) is 23.5 Å². The van der Waals surface area contributed by atoms with Gasteiger partial charge in [-0.15, -0.1) is 0 Å². The van der Waals surface area contributed by atoms with E-state index in [1.807, 2.05) is 42.5 Å². The van der Waals surface area contributed by atoms with Crippen molar-refractivity contribution in [2.45, 2.75) is 6.92 Å². The molecule has 0 unspecified atom stereocenters. The summed E-state index contributed by atoms with van der Waals surface area (Å²) in [5.41, 5.74) is 5.53. The topological polar surface area (TPSA) is 69.8 Å². The van der Waals surface area contributed by atoms with Gasteiger partial charge in [0.15, 0.2) is 5.82 Å². The SMILES string of the molecule is Cc1ccc(-c2cc(N/C=C3/C(=O)Nc4ccccc43)n[nH]2)cc1. The first kappa shape index (κ1) is 14.3. The third-order valence-corrected chi connectivity index (χ3v) is 4.01. The van der Waals surface area contributed by atoms with E-state index in [9.17, 15) is 4.79 Å². The Bertz CT molecular complexity index is 938. The first-order valence-electron chi connectivity index (χ1n) is 7.70. The van der Waals surface area contributed by atoms with Crippen LogP contribution in [0.3, 0.4) is 0 Å². The number of aromatic nitrogens is 2. The van der Waals surface area contributed by atoms with Crippen molar-refractivity contribution >= 4 is 23.0 Å². The molecule has 3 N–H and O–H groups in total. The van der Waals surface area contributed by atoms with E-state index in [0.717, 1.165) is 22.5 Å². The number of nitrogens with one attached hydrogen (secondary N) is 3. The quantitative estimate of drug-likeness (QED) is 0.644. The Balaban J connectivity index is 1.57. The lowest BCUT2D eigenvalue weighted by Gasteiger charge is -1.99. The summed E-state index contributed by atoms with van der Waals surface area (Å²) < 4.78 is 0. The molecule has 1 aliphatic rings. The van der Waals surface area contributed by atoms with Crippen molar-refractivity contribution < 1.29 is 4.79 Å². The zero-order valence-corrected chi connectivity index (χ0v) is 13.1. The van der Waals surface area contributed by atoms with Crippen molar-refractivity contribution in [1.29, 1.82) is 0 Å². The Kier molecular flexibility index (Phi) is 3.39. The third-order valence-electron chi connectivity index (χ3n) is 4.01. The Morgan fingerprint density at radius 2 is 1.88 bits per heavy atom. The van der Waals surface area contributed by atoms with E-state index in [0.29, 0.717) is 11.4 Å². The van der Waals surface area contributed by atoms with E-state index in [2.05, 4.69) is 39.9 Å². The number of H-pyrrole nitrogens is 1. The number of aryl methyl sites for hydroxylation is 1. The van der Waals surface area contributed by atoms with Crippen LogP contribution in [0.2, 0.25) is 0 Å². The highest BCUT2D eigenvalue weighted by Gasteiger charge is 2.23. The van der Waals surface area contributed by atoms with Crippen LogP contribution in [0.15, 0.2) is 60.8 Å². The highest BCUT2D eigenvalue weighted by atomic mass is 16.2. The Morgan fingerprint density at radius 3 is 2.71 bits per heavy atom. The molecule has 118 valence electrons. The molecular weight excluding hydrogens is 300 g/mol. The van der Waals surface area contributed by atoms with Crippen LogP contribution in [-0.2, 0) is 4.79 Å². The molecule has 1 aliphatic heterocycles. The largest absolute Gasteiger partial charge is 0.344 e. The normalized spacial score (nSPS) is 14.5. The minimum absolute atomic E-state index is 0.113. The van der Waals surface area contributed by atoms with Crippen molar-refractivity contribution in [2.75, 3.05) is 10.6 Å². The van der Waals surface area contributed by atoms with Crippen molar-refractivity contribution in [1.82, 2.24) is 10.2 Å². The predicted molar refractivity (Wildman–Crippen MR) is 95.4 cm³/mol. The lowest BCUT2D eigenvalue weighted by Crippen LogP contribution is -2.05. The van der Waals surface area contributed by atoms with Gasteiger partial charge in [-0.2, -0.15) is 5.10 Å². The summed E-state index contributed by atoms with van der Waals surface area (Å²) in [6.07, 6.45) is 1.69. The van der Waals surface area contributed by atoms with Gasteiger partial charge >= 0.3 is 0 Å². The fraction of sp³-hybridized carbons (Fsp3) is 0.0526. The third kappa shape index (κ3) is 2.56. The van der Waals surface area contributed by atoms with Crippen LogP contribution in [0.25, 0.3) is 16.8 Å². The molecule has 0 fully saturated rings. The molecule has 5 heteroatoms. The molecule has 24 heavy (non-hydrogen) atoms. The monoisotopic (exact) mass is 316 g/mol. The minimum atomic E-state index is -0.113. The number of fused-ring (bicyclic) bond motifs is 1. The number of hydrogen-bond donors (Lipinski definition) is 3. The number of aromatic amines is 1. The number of benzene rings is 2. The van der Waals surface area contributed by atoms with Crippen LogP contribution in [0.1, 0.15) is 11.1 Å². The van der Waals surface area contributed by atoms with E-state index in [4.69, 9.17) is 0 Å². The van der Waals surface area contributed by atoms with Crippen molar-refractivity contribution in [3.8, 4) is 11.3 Å². The maximum absolute atomic E-state index is 12.1. The molecule has 2 aromatic carbocycles. The molecule has 3 aromatic rings. The van der Waals surface area contributed by atoms with Gasteiger partial charge < -0.3 is 10.6 Å². The van der Waals surface area contributed by atoms with Gasteiger partial charge in [-0.25, -0.2) is 0 Å². The van der Waals surface area contributed by atoms with Crippen LogP contribution in [0, 0.1) is 6.92 Å². The summed E-state index contributed by atoms with van der Waals surface area (Å²) in [6.45, 7) is 2.06. The fourth-order valence-electron chi connectivity index (χ4n) is 2.71. The molecule has 2 heterocycles. The van der Waals surface area contributed by atoms with Gasteiger partial charge in [-0.3, -0.25) is 9.89 Å². The average Bonchev–Trinajstić information content (AvgIpc) is 3.17. The Hall–Kier alpha value is -3.34. The maximum atomic E-state index is 12.1. The number of nitrogens with zero attached hydrogens (tertiary/aromatic N) is 1. The number of carbonyl (C=O) groups is 1. The summed E-state index contributed by atoms with van der Waals surface area (Å²) in [5, 5.41) is 13.2. The second-order valence-corrected chi connectivity index (χ2v) is 5.73. The molecule has 0 saturated heterocycles. The lowest BCUT2D eigenvalue weighted by atomic mass is 10.1. The maximum Gasteiger partial charge on any atom is 0.257 e. The van der Waals surface area contributed by atoms with Crippen LogP contribution in [0.4, 0.5) is 11.5 Å². The molecule has 1 aromatic heterocycles. The van der Waals surface area contributed by atoms with E-state index in [-0.39, 0.29) is 5.91 Å². The van der Waals surface area contributed by atoms with E-state index in [1.165, 1.54) is 5.56 Å². The van der Waals surface area contributed by atoms with Crippen LogP contribution in [-0.4, -0.2) is 16.1 Å². The van der Waals surface area contributed by atoms with Crippen molar-refractivity contribution in [3.63, 3.8) is 0 Å². The van der Waals surface area contributed by atoms with Gasteiger partial charge in [-0.1, -0.05) is 48.0 Å². The number of carbonyl (C=O) groups excluding carboxylic acids is 1. The van der Waals surface area contributed by atoms with E-state index < -0.39 is 0 Å². The summed E-state index contributed by atoms with van der Waals surface area (Å²) in [7, 11) is 0. The predicted octanol–water partition coefficient (Wildman–Crippen LogP) is 3.79. The molecule has 0 bridgehead atoms. The molecule has 4 rings (SSSR count). The molecule has 0 radical (unpaired) electrons. The second kappa shape index (κ2) is 5.70. The summed E-state index contributed by atoms with van der Waals surface area (Å²) in [6, 6.07) is 17.8. The molecule has 0 aliphatic carbocycles. The first-order chi connectivity index (χ1) is 11.7. The number of amides is 1. The Labute approximate surface area is 139 Å².